The zero-order valence-corrected chi connectivity index (χ0v) is 18.8. The summed E-state index contributed by atoms with van der Waals surface area (Å²) < 4.78 is 35.7. The Bertz CT molecular complexity index is 1170. The van der Waals surface area contributed by atoms with Gasteiger partial charge in [0.05, 0.1) is 13.2 Å². The van der Waals surface area contributed by atoms with Crippen molar-refractivity contribution < 1.29 is 13.5 Å². The van der Waals surface area contributed by atoms with Crippen molar-refractivity contribution in [3.8, 4) is 16.9 Å². The van der Waals surface area contributed by atoms with Crippen molar-refractivity contribution in [3.63, 3.8) is 0 Å². The molecule has 3 N–H and O–H groups in total. The van der Waals surface area contributed by atoms with Crippen LogP contribution in [0.1, 0.15) is 18.4 Å². The van der Waals surface area contributed by atoms with Gasteiger partial charge >= 0.3 is 0 Å². The summed E-state index contributed by atoms with van der Waals surface area (Å²) in [7, 11) is 1.35. The van der Waals surface area contributed by atoms with E-state index in [2.05, 4.69) is 20.5 Å². The number of pyridine rings is 1. The number of methoxy groups -OCH3 is 1. The molecule has 168 valence electrons. The predicted molar refractivity (Wildman–Crippen MR) is 127 cm³/mol. The molecule has 4 rings (SSSR count). The van der Waals surface area contributed by atoms with E-state index in [1.165, 1.54) is 19.4 Å². The summed E-state index contributed by atoms with van der Waals surface area (Å²) in [5, 5.41) is 0.701. The molecule has 0 spiro atoms. The van der Waals surface area contributed by atoms with Gasteiger partial charge in [0.15, 0.2) is 11.6 Å². The number of aliphatic imine (C=N–C) groups is 1. The molecule has 0 radical (unpaired) electrons. The normalized spacial score (nSPS) is 16.3. The summed E-state index contributed by atoms with van der Waals surface area (Å²) in [5.74, 6) is -1.47. The third-order valence-electron chi connectivity index (χ3n) is 5.65. The zero-order valence-electron chi connectivity index (χ0n) is 17.9. The number of ether oxygens (including phenoxy) is 1. The van der Waals surface area contributed by atoms with Crippen molar-refractivity contribution in [1.82, 2.24) is 14.3 Å². The topological polar surface area (TPSA) is 79.5 Å². The highest BCUT2D eigenvalue weighted by molar-refractivity contribution is 7.96. The third kappa shape index (κ3) is 4.49. The molecular weight excluding hydrogens is 432 g/mol. The van der Waals surface area contributed by atoms with Crippen LogP contribution in [0.15, 0.2) is 41.8 Å². The first-order chi connectivity index (χ1) is 15.5. The Hall–Kier alpha value is -2.91. The lowest BCUT2D eigenvalue weighted by Gasteiger charge is -2.27. The number of rotatable bonds is 6. The van der Waals surface area contributed by atoms with Crippen LogP contribution in [0.25, 0.3) is 27.7 Å². The minimum atomic E-state index is -0.761. The van der Waals surface area contributed by atoms with Crippen molar-refractivity contribution in [2.45, 2.75) is 18.9 Å². The molecule has 3 heterocycles. The molecule has 3 aromatic rings. The number of halogens is 2. The third-order valence-corrected chi connectivity index (χ3v) is 6.53. The van der Waals surface area contributed by atoms with Crippen LogP contribution in [-0.4, -0.2) is 53.0 Å². The van der Waals surface area contributed by atoms with E-state index >= 15 is 0 Å². The monoisotopic (exact) mass is 457 g/mol. The molecule has 0 bridgehead atoms. The van der Waals surface area contributed by atoms with Gasteiger partial charge < -0.3 is 15.5 Å². The molecule has 0 amide bonds. The number of nitrogens with one attached hydrogen (secondary N) is 1. The molecule has 1 aliphatic heterocycles. The molecule has 9 heteroatoms. The molecule has 0 unspecified atom stereocenters. The molecule has 1 saturated heterocycles. The smallest absolute Gasteiger partial charge is 0.168 e. The molecule has 32 heavy (non-hydrogen) atoms. The zero-order chi connectivity index (χ0) is 22.7. The van der Waals surface area contributed by atoms with Crippen molar-refractivity contribution >= 4 is 34.8 Å². The highest BCUT2D eigenvalue weighted by atomic mass is 32.2. The first-order valence-electron chi connectivity index (χ1n) is 10.3. The summed E-state index contributed by atoms with van der Waals surface area (Å²) in [6.07, 6.45) is 10.7. The van der Waals surface area contributed by atoms with Gasteiger partial charge in [-0.1, -0.05) is 11.9 Å². The van der Waals surface area contributed by atoms with Crippen molar-refractivity contribution in [2.75, 3.05) is 26.5 Å². The second-order valence-electron chi connectivity index (χ2n) is 7.53. The Morgan fingerprint density at radius 3 is 2.75 bits per heavy atom. The lowest BCUT2D eigenvalue weighted by molar-refractivity contribution is 0.349. The summed E-state index contributed by atoms with van der Waals surface area (Å²) in [6.45, 7) is 2.02. The predicted octanol–water partition coefficient (Wildman–Crippen LogP) is 4.63. The summed E-state index contributed by atoms with van der Waals surface area (Å²) in [6, 6.07) is 4.19. The van der Waals surface area contributed by atoms with E-state index in [1.54, 1.807) is 30.6 Å². The number of benzene rings is 1. The largest absolute Gasteiger partial charge is 0.493 e. The summed E-state index contributed by atoms with van der Waals surface area (Å²) in [5.41, 5.74) is 8.88. The average Bonchev–Trinajstić information content (AvgIpc) is 3.22. The van der Waals surface area contributed by atoms with Crippen molar-refractivity contribution in [3.05, 3.63) is 54.0 Å². The van der Waals surface area contributed by atoms with E-state index in [1.807, 2.05) is 6.07 Å². The number of hydrogen-bond acceptors (Lipinski definition) is 6. The number of aromatic nitrogens is 2. The van der Waals surface area contributed by atoms with E-state index in [0.29, 0.717) is 22.2 Å². The standard InChI is InChI=1S/C23H25F2N5OS/c1-31-22-18(8-16(24)9-21(22)25)20-13-29-23-19(20)7-14(11-28-23)15(10-26)12-27-17-3-5-30(32-2)6-4-17/h7-13,17H,3-6,26H2,1-2H3,(H,28,29). The van der Waals surface area contributed by atoms with Crippen molar-refractivity contribution in [1.29, 1.82) is 0 Å². The first kappa shape index (κ1) is 22.3. The second-order valence-corrected chi connectivity index (χ2v) is 8.42. The number of nitrogens with zero attached hydrogens (tertiary/aromatic N) is 3. The minimum absolute atomic E-state index is 0.0227. The number of aromatic amines is 1. The highest BCUT2D eigenvalue weighted by Gasteiger charge is 2.19. The average molecular weight is 458 g/mol. The molecule has 1 aromatic carbocycles. The van der Waals surface area contributed by atoms with Crippen LogP contribution in [0.5, 0.6) is 5.75 Å². The number of piperidine rings is 1. The SMILES string of the molecule is COc1c(F)cc(F)cc1-c1c[nH]c2ncc(C(C=NC3CCN(SC)CC3)=CN)cc12. The van der Waals surface area contributed by atoms with Gasteiger partial charge in [-0.05, 0) is 31.2 Å². The van der Waals surface area contributed by atoms with Crippen LogP contribution < -0.4 is 10.5 Å². The van der Waals surface area contributed by atoms with Crippen LogP contribution in [0.2, 0.25) is 0 Å². The van der Waals surface area contributed by atoms with Crippen LogP contribution >= 0.6 is 11.9 Å². The number of allylic oxidation sites excluding steroid dienone is 1. The quantitative estimate of drug-likeness (QED) is 0.417. The molecular formula is C23H25F2N5OS. The van der Waals surface area contributed by atoms with Crippen molar-refractivity contribution in [2.24, 2.45) is 10.7 Å². The van der Waals surface area contributed by atoms with E-state index in [9.17, 15) is 8.78 Å². The van der Waals surface area contributed by atoms with Crippen LogP contribution in [0.4, 0.5) is 8.78 Å². The lowest BCUT2D eigenvalue weighted by atomic mass is 10.0. The van der Waals surface area contributed by atoms with E-state index in [-0.39, 0.29) is 11.8 Å². The van der Waals surface area contributed by atoms with Gasteiger partial charge in [0.25, 0.3) is 0 Å². The van der Waals surface area contributed by atoms with Crippen LogP contribution in [0, 0.1) is 11.6 Å². The van der Waals surface area contributed by atoms with E-state index < -0.39 is 11.6 Å². The molecule has 2 aromatic heterocycles. The Balaban J connectivity index is 1.66. The van der Waals surface area contributed by atoms with Gasteiger partial charge in [0.1, 0.15) is 11.5 Å². The second kappa shape index (κ2) is 9.70. The fourth-order valence-electron chi connectivity index (χ4n) is 3.93. The molecule has 0 atom stereocenters. The van der Waals surface area contributed by atoms with Gasteiger partial charge in [-0.2, -0.15) is 0 Å². The van der Waals surface area contributed by atoms with Gasteiger partial charge in [-0.3, -0.25) is 9.30 Å². The Kier molecular flexibility index (Phi) is 6.76. The molecule has 1 aliphatic rings. The molecule has 0 aliphatic carbocycles. The maximum absolute atomic E-state index is 14.3. The lowest BCUT2D eigenvalue weighted by Crippen LogP contribution is -2.30. The van der Waals surface area contributed by atoms with Gasteiger partial charge in [-0.15, -0.1) is 0 Å². The van der Waals surface area contributed by atoms with E-state index in [0.717, 1.165) is 43.1 Å². The first-order valence-corrected chi connectivity index (χ1v) is 11.5. The van der Waals surface area contributed by atoms with Crippen LogP contribution in [0.3, 0.4) is 0 Å². The van der Waals surface area contributed by atoms with Gasteiger partial charge in [0.2, 0.25) is 0 Å². The minimum Gasteiger partial charge on any atom is -0.493 e. The fraction of sp³-hybridized carbons (Fsp3) is 0.304. The Morgan fingerprint density at radius 2 is 2.06 bits per heavy atom. The highest BCUT2D eigenvalue weighted by Crippen LogP contribution is 2.37. The maximum atomic E-state index is 14.3. The Morgan fingerprint density at radius 1 is 1.28 bits per heavy atom. The molecule has 6 nitrogen and oxygen atoms in total. The molecule has 1 fully saturated rings. The van der Waals surface area contributed by atoms with E-state index in [4.69, 9.17) is 15.5 Å². The number of fused-ring (bicyclic) bond motifs is 1. The fourth-order valence-corrected chi connectivity index (χ4v) is 4.50. The summed E-state index contributed by atoms with van der Waals surface area (Å²) in [4.78, 5) is 12.2. The number of H-pyrrole nitrogens is 1. The number of hydrogen-bond donors (Lipinski definition) is 2. The number of nitrogens with two attached hydrogens (primary N) is 1. The van der Waals surface area contributed by atoms with Gasteiger partial charge in [0, 0.05) is 71.6 Å². The summed E-state index contributed by atoms with van der Waals surface area (Å²) >= 11 is 1.76. The van der Waals surface area contributed by atoms with Crippen LogP contribution in [-0.2, 0) is 0 Å². The Labute approximate surface area is 189 Å². The maximum Gasteiger partial charge on any atom is 0.168 e. The molecule has 0 saturated carbocycles. The van der Waals surface area contributed by atoms with Gasteiger partial charge in [-0.25, -0.2) is 13.8 Å².